The molecule has 1 aromatic rings. The van der Waals surface area contributed by atoms with E-state index in [0.29, 0.717) is 10.2 Å². The highest BCUT2D eigenvalue weighted by molar-refractivity contribution is 9.10. The van der Waals surface area contributed by atoms with Crippen LogP contribution in [-0.2, 0) is 0 Å². The Labute approximate surface area is 115 Å². The van der Waals surface area contributed by atoms with E-state index in [4.69, 9.17) is 0 Å². The van der Waals surface area contributed by atoms with Gasteiger partial charge < -0.3 is 5.32 Å². The summed E-state index contributed by atoms with van der Waals surface area (Å²) in [4.78, 5) is 0. The molecule has 18 heavy (non-hydrogen) atoms. The van der Waals surface area contributed by atoms with E-state index in [9.17, 15) is 8.78 Å². The Balaban J connectivity index is 2.20. The van der Waals surface area contributed by atoms with E-state index in [1.165, 1.54) is 12.5 Å². The number of nitrogens with one attached hydrogen (secondary N) is 1. The molecule has 1 saturated carbocycles. The molecule has 1 fully saturated rings. The Morgan fingerprint density at radius 3 is 2.61 bits per heavy atom. The van der Waals surface area contributed by atoms with Gasteiger partial charge in [-0.1, -0.05) is 26.7 Å². The molecule has 1 atom stereocenters. The summed E-state index contributed by atoms with van der Waals surface area (Å²) < 4.78 is 27.2. The second-order valence-electron chi connectivity index (χ2n) is 5.68. The molecule has 1 aliphatic rings. The SMILES string of the molecule is CC1(C)CCCCC1Nc1cc(Br)c(F)cc1F. The van der Waals surface area contributed by atoms with E-state index in [-0.39, 0.29) is 11.5 Å². The molecule has 2 rings (SSSR count). The molecule has 0 heterocycles. The standard InChI is InChI=1S/C14H18BrF2N/c1-14(2)6-4-3-5-13(14)18-12-7-9(15)10(16)8-11(12)17/h7-8,13,18H,3-6H2,1-2H3. The molecule has 0 aromatic heterocycles. The van der Waals surface area contributed by atoms with Gasteiger partial charge in [0, 0.05) is 12.1 Å². The maximum absolute atomic E-state index is 13.7. The Hall–Kier alpha value is -0.640. The van der Waals surface area contributed by atoms with Crippen molar-refractivity contribution in [2.45, 2.75) is 45.6 Å². The van der Waals surface area contributed by atoms with Gasteiger partial charge in [0.1, 0.15) is 11.6 Å². The lowest BCUT2D eigenvalue weighted by Crippen LogP contribution is -2.39. The average molecular weight is 318 g/mol. The topological polar surface area (TPSA) is 12.0 Å². The lowest BCUT2D eigenvalue weighted by Gasteiger charge is -2.39. The van der Waals surface area contributed by atoms with Crippen molar-refractivity contribution in [2.24, 2.45) is 5.41 Å². The van der Waals surface area contributed by atoms with Crippen molar-refractivity contribution in [3.63, 3.8) is 0 Å². The highest BCUT2D eigenvalue weighted by atomic mass is 79.9. The van der Waals surface area contributed by atoms with Crippen molar-refractivity contribution in [2.75, 3.05) is 5.32 Å². The molecule has 1 unspecified atom stereocenters. The molecular weight excluding hydrogens is 300 g/mol. The van der Waals surface area contributed by atoms with Gasteiger partial charge in [0.25, 0.3) is 0 Å². The van der Waals surface area contributed by atoms with Crippen LogP contribution in [0.25, 0.3) is 0 Å². The van der Waals surface area contributed by atoms with Crippen molar-refractivity contribution < 1.29 is 8.78 Å². The first-order valence-electron chi connectivity index (χ1n) is 6.31. The largest absolute Gasteiger partial charge is 0.379 e. The van der Waals surface area contributed by atoms with Gasteiger partial charge in [0.15, 0.2) is 0 Å². The minimum Gasteiger partial charge on any atom is -0.379 e. The highest BCUT2D eigenvalue weighted by Gasteiger charge is 2.32. The van der Waals surface area contributed by atoms with Crippen LogP contribution in [0, 0.1) is 17.0 Å². The fourth-order valence-electron chi connectivity index (χ4n) is 2.58. The van der Waals surface area contributed by atoms with Gasteiger partial charge in [-0.3, -0.25) is 0 Å². The fourth-order valence-corrected chi connectivity index (χ4v) is 2.93. The fraction of sp³-hybridized carbons (Fsp3) is 0.571. The van der Waals surface area contributed by atoms with Gasteiger partial charge in [0.05, 0.1) is 10.2 Å². The van der Waals surface area contributed by atoms with Crippen molar-refractivity contribution in [3.05, 3.63) is 28.2 Å². The molecule has 100 valence electrons. The van der Waals surface area contributed by atoms with E-state index >= 15 is 0 Å². The summed E-state index contributed by atoms with van der Waals surface area (Å²) in [6.07, 6.45) is 4.54. The first-order valence-corrected chi connectivity index (χ1v) is 7.10. The number of anilines is 1. The summed E-state index contributed by atoms with van der Waals surface area (Å²) in [5, 5.41) is 3.24. The van der Waals surface area contributed by atoms with E-state index < -0.39 is 11.6 Å². The Morgan fingerprint density at radius 2 is 1.94 bits per heavy atom. The van der Waals surface area contributed by atoms with Crippen molar-refractivity contribution in [3.8, 4) is 0 Å². The quantitative estimate of drug-likeness (QED) is 0.747. The van der Waals surface area contributed by atoms with Crippen LogP contribution in [0.1, 0.15) is 39.5 Å². The van der Waals surface area contributed by atoms with Crippen LogP contribution in [0.5, 0.6) is 0 Å². The highest BCUT2D eigenvalue weighted by Crippen LogP contribution is 2.38. The van der Waals surface area contributed by atoms with Crippen LogP contribution >= 0.6 is 15.9 Å². The first kappa shape index (κ1) is 13.8. The number of benzene rings is 1. The average Bonchev–Trinajstić information content (AvgIpc) is 2.28. The van der Waals surface area contributed by atoms with Gasteiger partial charge >= 0.3 is 0 Å². The Bertz CT molecular complexity index is 446. The monoisotopic (exact) mass is 317 g/mol. The van der Waals surface area contributed by atoms with E-state index in [1.54, 1.807) is 0 Å². The van der Waals surface area contributed by atoms with Gasteiger partial charge in [-0.25, -0.2) is 8.78 Å². The molecule has 0 amide bonds. The molecule has 0 spiro atoms. The minimum atomic E-state index is -0.569. The molecule has 0 radical (unpaired) electrons. The summed E-state index contributed by atoms with van der Waals surface area (Å²) in [5.41, 5.74) is 0.522. The second-order valence-corrected chi connectivity index (χ2v) is 6.53. The van der Waals surface area contributed by atoms with Crippen LogP contribution in [0.2, 0.25) is 0 Å². The van der Waals surface area contributed by atoms with Crippen LogP contribution in [0.3, 0.4) is 0 Å². The van der Waals surface area contributed by atoms with Crippen LogP contribution < -0.4 is 5.32 Å². The molecule has 1 N–H and O–H groups in total. The van der Waals surface area contributed by atoms with Gasteiger partial charge in [0.2, 0.25) is 0 Å². The predicted octanol–water partition coefficient (Wildman–Crippen LogP) is 5.11. The zero-order chi connectivity index (χ0) is 13.3. The third-order valence-corrected chi connectivity index (χ3v) is 4.45. The number of hydrogen-bond donors (Lipinski definition) is 1. The molecular formula is C14H18BrF2N. The lowest BCUT2D eigenvalue weighted by atomic mass is 9.73. The molecule has 1 aromatic carbocycles. The van der Waals surface area contributed by atoms with Crippen LogP contribution in [0.15, 0.2) is 16.6 Å². The van der Waals surface area contributed by atoms with Crippen molar-refractivity contribution in [1.82, 2.24) is 0 Å². The van der Waals surface area contributed by atoms with E-state index in [1.807, 2.05) is 0 Å². The lowest BCUT2D eigenvalue weighted by molar-refractivity contribution is 0.216. The predicted molar refractivity (Wildman–Crippen MR) is 73.7 cm³/mol. The van der Waals surface area contributed by atoms with Gasteiger partial charge in [-0.2, -0.15) is 0 Å². The summed E-state index contributed by atoms with van der Waals surface area (Å²) >= 11 is 3.09. The normalized spacial score (nSPS) is 22.8. The Kier molecular flexibility index (Phi) is 3.95. The molecule has 0 saturated heterocycles. The van der Waals surface area contributed by atoms with E-state index in [0.717, 1.165) is 25.3 Å². The molecule has 1 aliphatic carbocycles. The van der Waals surface area contributed by atoms with Gasteiger partial charge in [-0.15, -0.1) is 0 Å². The molecule has 4 heteroatoms. The van der Waals surface area contributed by atoms with Crippen LogP contribution in [0.4, 0.5) is 14.5 Å². The van der Waals surface area contributed by atoms with Crippen LogP contribution in [-0.4, -0.2) is 6.04 Å². The molecule has 0 aliphatic heterocycles. The zero-order valence-corrected chi connectivity index (χ0v) is 12.3. The Morgan fingerprint density at radius 1 is 1.22 bits per heavy atom. The first-order chi connectivity index (χ1) is 8.40. The van der Waals surface area contributed by atoms with Gasteiger partial charge in [-0.05, 0) is 40.3 Å². The van der Waals surface area contributed by atoms with Crippen molar-refractivity contribution in [1.29, 1.82) is 0 Å². The van der Waals surface area contributed by atoms with Crippen molar-refractivity contribution >= 4 is 21.6 Å². The maximum Gasteiger partial charge on any atom is 0.149 e. The number of rotatable bonds is 2. The molecule has 1 nitrogen and oxygen atoms in total. The second kappa shape index (κ2) is 5.16. The molecule has 0 bridgehead atoms. The summed E-state index contributed by atoms with van der Waals surface area (Å²) in [6.45, 7) is 4.39. The maximum atomic E-state index is 13.7. The number of hydrogen-bond acceptors (Lipinski definition) is 1. The zero-order valence-electron chi connectivity index (χ0n) is 10.7. The summed E-state index contributed by atoms with van der Waals surface area (Å²) in [5.74, 6) is -1.10. The third kappa shape index (κ3) is 2.85. The summed E-state index contributed by atoms with van der Waals surface area (Å²) in [6, 6.07) is 2.63. The van der Waals surface area contributed by atoms with E-state index in [2.05, 4.69) is 35.1 Å². The minimum absolute atomic E-state index is 0.144. The summed E-state index contributed by atoms with van der Waals surface area (Å²) in [7, 11) is 0. The third-order valence-electron chi connectivity index (χ3n) is 3.85. The number of halogens is 3. The smallest absolute Gasteiger partial charge is 0.149 e.